The van der Waals surface area contributed by atoms with Crippen LogP contribution in [0.25, 0.3) is 0 Å². The van der Waals surface area contributed by atoms with Crippen LogP contribution in [0.15, 0.2) is 35.9 Å². The molecule has 1 atom stereocenters. The number of hydrogen-bond donors (Lipinski definition) is 0. The zero-order valence-corrected chi connectivity index (χ0v) is 11.3. The zero-order valence-electron chi connectivity index (χ0n) is 10.5. The first-order valence-electron chi connectivity index (χ1n) is 5.36. The maximum absolute atomic E-state index is 5.77. The Morgan fingerprint density at radius 1 is 1.56 bits per heavy atom. The molecule has 1 saturated heterocycles. The summed E-state index contributed by atoms with van der Waals surface area (Å²) >= 11 is 1.67. The lowest BCUT2D eigenvalue weighted by Crippen LogP contribution is -2.30. The highest BCUT2D eigenvalue weighted by molar-refractivity contribution is 8.02. The van der Waals surface area contributed by atoms with E-state index >= 15 is 0 Å². The SMILES string of the molecule is C=C1COC(C)(CCN(C)C(=C)SC)C1=C. The van der Waals surface area contributed by atoms with Gasteiger partial charge in [0.05, 0.1) is 17.2 Å². The molecule has 0 aromatic rings. The second kappa shape index (κ2) is 5.11. The fourth-order valence-electron chi connectivity index (χ4n) is 1.68. The summed E-state index contributed by atoms with van der Waals surface area (Å²) in [7, 11) is 2.05. The lowest BCUT2D eigenvalue weighted by molar-refractivity contribution is 0.0316. The third-order valence-electron chi connectivity index (χ3n) is 3.22. The highest BCUT2D eigenvalue weighted by Gasteiger charge is 2.35. The summed E-state index contributed by atoms with van der Waals surface area (Å²) in [6, 6.07) is 0. The van der Waals surface area contributed by atoms with Gasteiger partial charge >= 0.3 is 0 Å². The highest BCUT2D eigenvalue weighted by Crippen LogP contribution is 2.36. The van der Waals surface area contributed by atoms with Crippen molar-refractivity contribution in [3.63, 3.8) is 0 Å². The van der Waals surface area contributed by atoms with Crippen LogP contribution in [0, 0.1) is 0 Å². The van der Waals surface area contributed by atoms with Crippen molar-refractivity contribution in [1.82, 2.24) is 4.90 Å². The molecular weight excluding hydrogens is 218 g/mol. The van der Waals surface area contributed by atoms with E-state index in [4.69, 9.17) is 4.74 Å². The highest BCUT2D eigenvalue weighted by atomic mass is 32.2. The Balaban J connectivity index is 2.52. The van der Waals surface area contributed by atoms with Gasteiger partial charge in [-0.2, -0.15) is 0 Å². The van der Waals surface area contributed by atoms with Gasteiger partial charge in [0.25, 0.3) is 0 Å². The lowest BCUT2D eigenvalue weighted by Gasteiger charge is -2.28. The Morgan fingerprint density at radius 3 is 2.62 bits per heavy atom. The number of thioether (sulfide) groups is 1. The Kier molecular flexibility index (Phi) is 4.28. The van der Waals surface area contributed by atoms with Gasteiger partial charge in [-0.15, -0.1) is 11.8 Å². The normalized spacial score (nSPS) is 24.9. The lowest BCUT2D eigenvalue weighted by atomic mass is 9.91. The fraction of sp³-hybridized carbons (Fsp3) is 0.538. The largest absolute Gasteiger partial charge is 0.370 e. The van der Waals surface area contributed by atoms with Crippen molar-refractivity contribution in [2.24, 2.45) is 0 Å². The Morgan fingerprint density at radius 2 is 2.19 bits per heavy atom. The molecule has 1 aliphatic rings. The maximum Gasteiger partial charge on any atom is 0.0922 e. The van der Waals surface area contributed by atoms with Crippen molar-refractivity contribution in [1.29, 1.82) is 0 Å². The van der Waals surface area contributed by atoms with Gasteiger partial charge in [-0.05, 0) is 30.7 Å². The van der Waals surface area contributed by atoms with Crippen LogP contribution in [0.2, 0.25) is 0 Å². The van der Waals surface area contributed by atoms with Gasteiger partial charge in [0.15, 0.2) is 0 Å². The smallest absolute Gasteiger partial charge is 0.0922 e. The van der Waals surface area contributed by atoms with Crippen LogP contribution in [0.4, 0.5) is 0 Å². The number of ether oxygens (including phenoxy) is 1. The van der Waals surface area contributed by atoms with Crippen LogP contribution in [0.5, 0.6) is 0 Å². The van der Waals surface area contributed by atoms with Gasteiger partial charge in [0, 0.05) is 13.6 Å². The minimum atomic E-state index is -0.246. The molecular formula is C13H21NOS. The first kappa shape index (κ1) is 13.4. The van der Waals surface area contributed by atoms with Gasteiger partial charge in [-0.3, -0.25) is 0 Å². The number of nitrogens with zero attached hydrogens (tertiary/aromatic N) is 1. The van der Waals surface area contributed by atoms with Gasteiger partial charge in [0.2, 0.25) is 0 Å². The van der Waals surface area contributed by atoms with Crippen molar-refractivity contribution in [3.8, 4) is 0 Å². The molecule has 0 N–H and O–H groups in total. The van der Waals surface area contributed by atoms with Gasteiger partial charge in [0.1, 0.15) is 0 Å². The monoisotopic (exact) mass is 239 g/mol. The topological polar surface area (TPSA) is 12.5 Å². The Labute approximate surface area is 103 Å². The van der Waals surface area contributed by atoms with Crippen molar-refractivity contribution in [3.05, 3.63) is 35.9 Å². The van der Waals surface area contributed by atoms with E-state index in [1.807, 2.05) is 6.26 Å². The van der Waals surface area contributed by atoms with Crippen LogP contribution in [-0.4, -0.2) is 37.0 Å². The second-order valence-electron chi connectivity index (χ2n) is 4.37. The first-order chi connectivity index (χ1) is 7.40. The minimum Gasteiger partial charge on any atom is -0.370 e. The Hall–Kier alpha value is -0.670. The molecule has 0 saturated carbocycles. The summed E-state index contributed by atoms with van der Waals surface area (Å²) in [4.78, 5) is 2.15. The van der Waals surface area contributed by atoms with E-state index in [-0.39, 0.29) is 5.60 Å². The second-order valence-corrected chi connectivity index (χ2v) is 5.25. The van der Waals surface area contributed by atoms with E-state index in [2.05, 4.69) is 38.6 Å². The molecule has 1 fully saturated rings. The molecule has 1 heterocycles. The Bertz CT molecular complexity index is 324. The van der Waals surface area contributed by atoms with Crippen LogP contribution in [0.3, 0.4) is 0 Å². The third kappa shape index (κ3) is 2.71. The molecule has 0 spiro atoms. The van der Waals surface area contributed by atoms with E-state index in [0.717, 1.165) is 29.1 Å². The fourth-order valence-corrected chi connectivity index (χ4v) is 2.08. The molecule has 1 aliphatic heterocycles. The predicted octanol–water partition coefficient (Wildman–Crippen LogP) is 3.04. The molecule has 16 heavy (non-hydrogen) atoms. The standard InChI is InChI=1S/C13H21NOS/c1-10-9-15-13(4,11(10)2)7-8-14(5)12(3)16-6/h1-3,7-9H2,4-6H3. The molecule has 2 nitrogen and oxygen atoms in total. The van der Waals surface area contributed by atoms with E-state index in [1.165, 1.54) is 0 Å². The predicted molar refractivity (Wildman–Crippen MR) is 72.5 cm³/mol. The molecule has 1 rings (SSSR count). The van der Waals surface area contributed by atoms with E-state index < -0.39 is 0 Å². The van der Waals surface area contributed by atoms with Crippen LogP contribution >= 0.6 is 11.8 Å². The minimum absolute atomic E-state index is 0.246. The summed E-state index contributed by atoms with van der Waals surface area (Å²) in [5, 5.41) is 1.08. The van der Waals surface area contributed by atoms with Crippen molar-refractivity contribution < 1.29 is 4.74 Å². The summed E-state index contributed by atoms with van der Waals surface area (Å²) in [6.45, 7) is 15.6. The summed E-state index contributed by atoms with van der Waals surface area (Å²) in [6.07, 6.45) is 2.95. The zero-order chi connectivity index (χ0) is 12.3. The first-order valence-corrected chi connectivity index (χ1v) is 6.58. The molecule has 0 radical (unpaired) electrons. The molecule has 0 aromatic carbocycles. The molecule has 0 bridgehead atoms. The molecule has 3 heteroatoms. The number of hydrogen-bond acceptors (Lipinski definition) is 3. The van der Waals surface area contributed by atoms with Gasteiger partial charge in [-0.25, -0.2) is 0 Å². The summed E-state index contributed by atoms with van der Waals surface area (Å²) < 4.78 is 5.77. The van der Waals surface area contributed by atoms with Crippen molar-refractivity contribution in [2.75, 3.05) is 26.5 Å². The molecule has 0 amide bonds. The van der Waals surface area contributed by atoms with Crippen LogP contribution < -0.4 is 0 Å². The average molecular weight is 239 g/mol. The maximum atomic E-state index is 5.77. The van der Waals surface area contributed by atoms with Crippen LogP contribution in [0.1, 0.15) is 13.3 Å². The third-order valence-corrected chi connectivity index (χ3v) is 4.00. The number of rotatable bonds is 5. The average Bonchev–Trinajstić information content (AvgIpc) is 2.54. The van der Waals surface area contributed by atoms with Gasteiger partial charge < -0.3 is 9.64 Å². The molecule has 0 aromatic heterocycles. The van der Waals surface area contributed by atoms with Crippen LogP contribution in [-0.2, 0) is 4.74 Å². The molecule has 1 unspecified atom stereocenters. The quantitative estimate of drug-likeness (QED) is 0.731. The van der Waals surface area contributed by atoms with Crippen molar-refractivity contribution >= 4 is 11.8 Å². The van der Waals surface area contributed by atoms with Crippen molar-refractivity contribution in [2.45, 2.75) is 18.9 Å². The molecule has 0 aliphatic carbocycles. The summed E-state index contributed by atoms with van der Waals surface area (Å²) in [5.74, 6) is 0. The van der Waals surface area contributed by atoms with Gasteiger partial charge in [-0.1, -0.05) is 19.7 Å². The van der Waals surface area contributed by atoms with E-state index in [1.54, 1.807) is 11.8 Å². The van der Waals surface area contributed by atoms with E-state index in [0.29, 0.717) is 6.61 Å². The van der Waals surface area contributed by atoms with E-state index in [9.17, 15) is 0 Å². The summed E-state index contributed by atoms with van der Waals surface area (Å²) in [5.41, 5.74) is 1.81. The molecule has 90 valence electrons.